The van der Waals surface area contributed by atoms with Gasteiger partial charge in [0, 0.05) is 31.5 Å². The fourth-order valence-electron chi connectivity index (χ4n) is 4.47. The Morgan fingerprint density at radius 1 is 1.13 bits per heavy atom. The summed E-state index contributed by atoms with van der Waals surface area (Å²) in [7, 11) is 1.46. The van der Waals surface area contributed by atoms with Crippen molar-refractivity contribution in [2.45, 2.75) is 38.7 Å². The highest BCUT2D eigenvalue weighted by Gasteiger charge is 2.43. The van der Waals surface area contributed by atoms with Crippen molar-refractivity contribution >= 4 is 23.5 Å². The van der Waals surface area contributed by atoms with Gasteiger partial charge in [0.25, 0.3) is 0 Å². The number of rotatable bonds is 8. The summed E-state index contributed by atoms with van der Waals surface area (Å²) in [6.07, 6.45) is 2.67. The maximum atomic E-state index is 12.9. The van der Waals surface area contributed by atoms with Gasteiger partial charge in [-0.1, -0.05) is 54.1 Å². The summed E-state index contributed by atoms with van der Waals surface area (Å²) in [5.41, 5.74) is 1.46. The van der Waals surface area contributed by atoms with Gasteiger partial charge in [-0.3, -0.25) is 9.59 Å². The van der Waals surface area contributed by atoms with Crippen molar-refractivity contribution in [3.05, 3.63) is 70.7 Å². The largest absolute Gasteiger partial charge is 0.469 e. The first-order chi connectivity index (χ1) is 14.9. The van der Waals surface area contributed by atoms with Crippen molar-refractivity contribution in [2.75, 3.05) is 26.7 Å². The van der Waals surface area contributed by atoms with Gasteiger partial charge in [0.15, 0.2) is 0 Å². The van der Waals surface area contributed by atoms with Crippen molar-refractivity contribution in [1.29, 1.82) is 0 Å². The second-order valence-corrected chi connectivity index (χ2v) is 8.69. The highest BCUT2D eigenvalue weighted by Crippen LogP contribution is 2.36. The second kappa shape index (κ2) is 10.8. The first kappa shape index (κ1) is 23.3. The topological polar surface area (TPSA) is 55.8 Å². The number of piperidine rings is 1. The fraction of sp³-hybridized carbons (Fsp3) is 0.440. The number of ether oxygens (including phenoxy) is 2. The second-order valence-electron chi connectivity index (χ2n) is 8.25. The SMILES string of the molecule is COC(=O)C1(Cc2ccc(Cl)cc2)CCCN(CCC(OC(C)=O)c2ccccc2)C1. The van der Waals surface area contributed by atoms with E-state index in [1.807, 2.05) is 54.6 Å². The minimum absolute atomic E-state index is 0.174. The van der Waals surface area contributed by atoms with E-state index in [2.05, 4.69) is 4.90 Å². The van der Waals surface area contributed by atoms with Gasteiger partial charge in [0.1, 0.15) is 6.10 Å². The quantitative estimate of drug-likeness (QED) is 0.547. The maximum absolute atomic E-state index is 12.9. The monoisotopic (exact) mass is 443 g/mol. The van der Waals surface area contributed by atoms with E-state index in [0.29, 0.717) is 24.4 Å². The van der Waals surface area contributed by atoms with Crippen LogP contribution in [0.25, 0.3) is 0 Å². The van der Waals surface area contributed by atoms with E-state index in [1.165, 1.54) is 14.0 Å². The number of benzene rings is 2. The normalized spacial score (nSPS) is 20.1. The number of esters is 2. The fourth-order valence-corrected chi connectivity index (χ4v) is 4.60. The Kier molecular flexibility index (Phi) is 8.10. The van der Waals surface area contributed by atoms with Crippen molar-refractivity contribution in [1.82, 2.24) is 4.90 Å². The van der Waals surface area contributed by atoms with Gasteiger partial charge in [-0.2, -0.15) is 0 Å². The summed E-state index contributed by atoms with van der Waals surface area (Å²) in [5.74, 6) is -0.467. The molecule has 0 bridgehead atoms. The van der Waals surface area contributed by atoms with E-state index < -0.39 is 5.41 Å². The molecule has 0 aromatic heterocycles. The van der Waals surface area contributed by atoms with Crippen molar-refractivity contribution in [2.24, 2.45) is 5.41 Å². The smallest absolute Gasteiger partial charge is 0.313 e. The first-order valence-electron chi connectivity index (χ1n) is 10.7. The summed E-state index contributed by atoms with van der Waals surface area (Å²) in [6, 6.07) is 17.4. The number of likely N-dealkylation sites (tertiary alicyclic amines) is 1. The Morgan fingerprint density at radius 2 is 1.84 bits per heavy atom. The van der Waals surface area contributed by atoms with E-state index in [4.69, 9.17) is 21.1 Å². The molecule has 0 aliphatic carbocycles. The highest BCUT2D eigenvalue weighted by molar-refractivity contribution is 6.30. The van der Waals surface area contributed by atoms with Crippen LogP contribution >= 0.6 is 11.6 Å². The zero-order chi connectivity index (χ0) is 22.3. The van der Waals surface area contributed by atoms with Crippen molar-refractivity contribution < 1.29 is 19.1 Å². The number of hydrogen-bond donors (Lipinski definition) is 0. The summed E-state index contributed by atoms with van der Waals surface area (Å²) in [6.45, 7) is 3.68. The Bertz CT molecular complexity index is 871. The van der Waals surface area contributed by atoms with Gasteiger partial charge in [-0.05, 0) is 49.1 Å². The lowest BCUT2D eigenvalue weighted by Gasteiger charge is -2.41. The van der Waals surface area contributed by atoms with Gasteiger partial charge in [-0.25, -0.2) is 0 Å². The van der Waals surface area contributed by atoms with Crippen LogP contribution in [0, 0.1) is 5.41 Å². The zero-order valence-corrected chi connectivity index (χ0v) is 18.9. The third-order valence-corrected chi connectivity index (χ3v) is 6.17. The zero-order valence-electron chi connectivity index (χ0n) is 18.2. The molecule has 1 heterocycles. The van der Waals surface area contributed by atoms with Crippen LogP contribution in [0.1, 0.15) is 43.4 Å². The molecule has 0 radical (unpaired) electrons. The molecule has 0 spiro atoms. The van der Waals surface area contributed by atoms with Gasteiger partial charge in [-0.15, -0.1) is 0 Å². The summed E-state index contributed by atoms with van der Waals surface area (Å²) in [5, 5.41) is 0.679. The van der Waals surface area contributed by atoms with Gasteiger partial charge in [0.05, 0.1) is 12.5 Å². The average Bonchev–Trinajstić information content (AvgIpc) is 2.78. The Balaban J connectivity index is 1.72. The predicted molar refractivity (Wildman–Crippen MR) is 121 cm³/mol. The number of carbonyl (C=O) groups is 2. The molecule has 2 aromatic carbocycles. The van der Waals surface area contributed by atoms with Crippen LogP contribution in [0.5, 0.6) is 0 Å². The van der Waals surface area contributed by atoms with Gasteiger partial charge >= 0.3 is 11.9 Å². The van der Waals surface area contributed by atoms with Crippen LogP contribution < -0.4 is 0 Å². The van der Waals surface area contributed by atoms with E-state index in [9.17, 15) is 9.59 Å². The Morgan fingerprint density at radius 3 is 2.48 bits per heavy atom. The van der Waals surface area contributed by atoms with Crippen LogP contribution in [0.4, 0.5) is 0 Å². The van der Waals surface area contributed by atoms with Crippen LogP contribution in [0.15, 0.2) is 54.6 Å². The average molecular weight is 444 g/mol. The van der Waals surface area contributed by atoms with Crippen LogP contribution in [-0.4, -0.2) is 43.6 Å². The highest BCUT2D eigenvalue weighted by atomic mass is 35.5. The number of carbonyl (C=O) groups excluding carboxylic acids is 2. The van der Waals surface area contributed by atoms with Gasteiger partial charge in [0.2, 0.25) is 0 Å². The molecule has 3 rings (SSSR count). The molecule has 6 heteroatoms. The molecule has 1 aliphatic rings. The van der Waals surface area contributed by atoms with E-state index >= 15 is 0 Å². The number of halogens is 1. The van der Waals surface area contributed by atoms with E-state index in [-0.39, 0.29) is 18.0 Å². The van der Waals surface area contributed by atoms with E-state index in [1.54, 1.807) is 0 Å². The Labute approximate surface area is 189 Å². The molecular formula is C25H30ClNO4. The molecule has 31 heavy (non-hydrogen) atoms. The lowest BCUT2D eigenvalue weighted by molar-refractivity contribution is -0.156. The molecule has 0 amide bonds. The first-order valence-corrected chi connectivity index (χ1v) is 11.1. The molecule has 0 saturated carbocycles. The molecular weight excluding hydrogens is 414 g/mol. The molecule has 1 aliphatic heterocycles. The predicted octanol–water partition coefficient (Wildman–Crippen LogP) is 4.83. The van der Waals surface area contributed by atoms with Crippen molar-refractivity contribution in [3.8, 4) is 0 Å². The number of hydrogen-bond acceptors (Lipinski definition) is 5. The third kappa shape index (κ3) is 6.31. The third-order valence-electron chi connectivity index (χ3n) is 5.92. The summed E-state index contributed by atoms with van der Waals surface area (Å²) < 4.78 is 10.8. The maximum Gasteiger partial charge on any atom is 0.313 e. The van der Waals surface area contributed by atoms with Crippen LogP contribution in [-0.2, 0) is 25.5 Å². The molecule has 1 saturated heterocycles. The summed E-state index contributed by atoms with van der Waals surface area (Å²) >= 11 is 6.02. The molecule has 2 atom stereocenters. The van der Waals surface area contributed by atoms with Gasteiger partial charge < -0.3 is 14.4 Å². The lowest BCUT2D eigenvalue weighted by Crippen LogP contribution is -2.50. The standard InChI is InChI=1S/C25H30ClNO4/c1-19(28)31-23(21-7-4-3-5-8-21)13-16-27-15-6-14-25(18-27,24(29)30-2)17-20-9-11-22(26)12-10-20/h3-5,7-12,23H,6,13-18H2,1-2H3. The van der Waals surface area contributed by atoms with Crippen LogP contribution in [0.3, 0.4) is 0 Å². The molecule has 0 N–H and O–H groups in total. The van der Waals surface area contributed by atoms with E-state index in [0.717, 1.165) is 37.1 Å². The van der Waals surface area contributed by atoms with Crippen molar-refractivity contribution in [3.63, 3.8) is 0 Å². The summed E-state index contributed by atoms with van der Waals surface area (Å²) in [4.78, 5) is 26.8. The molecule has 166 valence electrons. The molecule has 2 aromatic rings. The lowest BCUT2D eigenvalue weighted by atomic mass is 9.75. The molecule has 1 fully saturated rings. The number of nitrogens with zero attached hydrogens (tertiary/aromatic N) is 1. The molecule has 5 nitrogen and oxygen atoms in total. The minimum Gasteiger partial charge on any atom is -0.469 e. The molecule has 2 unspecified atom stereocenters. The number of methoxy groups -OCH3 is 1. The Hall–Kier alpha value is -2.37. The minimum atomic E-state index is -0.593. The van der Waals surface area contributed by atoms with Crippen LogP contribution in [0.2, 0.25) is 5.02 Å².